The number of hydrogen-bond acceptors (Lipinski definition) is 4. The Kier molecular flexibility index (Phi) is 5.25. The third kappa shape index (κ3) is 4.55. The van der Waals surface area contributed by atoms with Crippen LogP contribution in [0.4, 0.5) is 10.5 Å². The Bertz CT molecular complexity index is 476. The number of carboxylic acids is 1. The van der Waals surface area contributed by atoms with Gasteiger partial charge in [0.25, 0.3) is 0 Å². The lowest BCUT2D eigenvalue weighted by atomic mass is 10.2. The Balaban J connectivity index is 2.66. The molecule has 0 spiro atoms. The van der Waals surface area contributed by atoms with Crippen LogP contribution >= 0.6 is 0 Å². The second kappa shape index (κ2) is 6.69. The molecule has 0 aliphatic heterocycles. The molecule has 1 unspecified atom stereocenters. The first-order chi connectivity index (χ1) is 8.93. The van der Waals surface area contributed by atoms with Crippen LogP contribution in [-0.2, 0) is 4.79 Å². The average molecular weight is 267 g/mol. The minimum Gasteiger partial charge on any atom is -0.480 e. The molecule has 7 nitrogen and oxygen atoms in total. The normalized spacial score (nSPS) is 11.7. The Hall–Kier alpha value is -2.15. The standard InChI is InChI=1S/C12H17N3O4/c1-7-3-4-9(8(2)13-7)14-12(19)15-10(5-6-16)11(17)18/h3-4,10,16H,5-6H2,1-2H3,(H,17,18)(H2,14,15,19). The maximum atomic E-state index is 11.6. The zero-order chi connectivity index (χ0) is 14.4. The minimum absolute atomic E-state index is 0.0477. The Labute approximate surface area is 110 Å². The molecule has 0 aliphatic rings. The molecule has 1 aromatic rings. The van der Waals surface area contributed by atoms with Crippen molar-refractivity contribution < 1.29 is 19.8 Å². The first kappa shape index (κ1) is 14.9. The first-order valence-corrected chi connectivity index (χ1v) is 5.79. The number of pyridine rings is 1. The number of aryl methyl sites for hydroxylation is 2. The van der Waals surface area contributed by atoms with Crippen molar-refractivity contribution in [3.63, 3.8) is 0 Å². The summed E-state index contributed by atoms with van der Waals surface area (Å²) in [7, 11) is 0. The fraction of sp³-hybridized carbons (Fsp3) is 0.417. The van der Waals surface area contributed by atoms with Gasteiger partial charge in [0.2, 0.25) is 0 Å². The third-order valence-electron chi connectivity index (χ3n) is 2.49. The van der Waals surface area contributed by atoms with Crippen LogP contribution in [0, 0.1) is 13.8 Å². The Morgan fingerprint density at radius 2 is 2.05 bits per heavy atom. The lowest BCUT2D eigenvalue weighted by Gasteiger charge is -2.14. The molecule has 0 bridgehead atoms. The molecule has 0 radical (unpaired) electrons. The Morgan fingerprint density at radius 1 is 1.37 bits per heavy atom. The maximum absolute atomic E-state index is 11.6. The highest BCUT2D eigenvalue weighted by atomic mass is 16.4. The number of nitrogens with one attached hydrogen (secondary N) is 2. The van der Waals surface area contributed by atoms with E-state index in [1.165, 1.54) is 0 Å². The monoisotopic (exact) mass is 267 g/mol. The SMILES string of the molecule is Cc1ccc(NC(=O)NC(CCO)C(=O)O)c(C)n1. The summed E-state index contributed by atoms with van der Waals surface area (Å²) in [5.41, 5.74) is 1.98. The van der Waals surface area contributed by atoms with Crippen molar-refractivity contribution in [2.24, 2.45) is 0 Å². The molecule has 4 N–H and O–H groups in total. The number of aliphatic carboxylic acids is 1. The highest BCUT2D eigenvalue weighted by Gasteiger charge is 2.19. The van der Waals surface area contributed by atoms with E-state index in [9.17, 15) is 9.59 Å². The number of carboxylic acid groups (broad SMARTS) is 1. The average Bonchev–Trinajstić information content (AvgIpc) is 2.32. The van der Waals surface area contributed by atoms with Crippen molar-refractivity contribution >= 4 is 17.7 Å². The van der Waals surface area contributed by atoms with Gasteiger partial charge in [-0.2, -0.15) is 0 Å². The van der Waals surface area contributed by atoms with Gasteiger partial charge in [0.15, 0.2) is 0 Å². The summed E-state index contributed by atoms with van der Waals surface area (Å²) in [6.07, 6.45) is -0.0477. The number of anilines is 1. The zero-order valence-electron chi connectivity index (χ0n) is 10.8. The summed E-state index contributed by atoms with van der Waals surface area (Å²) in [5.74, 6) is -1.19. The van der Waals surface area contributed by atoms with Crippen LogP contribution in [0.5, 0.6) is 0 Å². The number of aliphatic hydroxyl groups excluding tert-OH is 1. The molecule has 0 saturated carbocycles. The zero-order valence-corrected chi connectivity index (χ0v) is 10.8. The molecular weight excluding hydrogens is 250 g/mol. The van der Waals surface area contributed by atoms with Gasteiger partial charge in [0.05, 0.1) is 11.4 Å². The fourth-order valence-electron chi connectivity index (χ4n) is 1.52. The van der Waals surface area contributed by atoms with Crippen molar-refractivity contribution in [2.45, 2.75) is 26.3 Å². The summed E-state index contributed by atoms with van der Waals surface area (Å²) in [5, 5.41) is 22.4. The van der Waals surface area contributed by atoms with Crippen LogP contribution < -0.4 is 10.6 Å². The van der Waals surface area contributed by atoms with Crippen LogP contribution in [0.3, 0.4) is 0 Å². The number of urea groups is 1. The third-order valence-corrected chi connectivity index (χ3v) is 2.49. The number of amides is 2. The largest absolute Gasteiger partial charge is 0.480 e. The van der Waals surface area contributed by atoms with E-state index in [0.717, 1.165) is 5.69 Å². The van der Waals surface area contributed by atoms with E-state index in [0.29, 0.717) is 11.4 Å². The maximum Gasteiger partial charge on any atom is 0.326 e. The van der Waals surface area contributed by atoms with Crippen LogP contribution in [0.2, 0.25) is 0 Å². The van der Waals surface area contributed by atoms with Crippen LogP contribution in [0.1, 0.15) is 17.8 Å². The molecule has 1 atom stereocenters. The van der Waals surface area contributed by atoms with Crippen LogP contribution in [0.15, 0.2) is 12.1 Å². The van der Waals surface area contributed by atoms with E-state index < -0.39 is 18.0 Å². The van der Waals surface area contributed by atoms with Gasteiger partial charge in [-0.25, -0.2) is 9.59 Å². The lowest BCUT2D eigenvalue weighted by molar-refractivity contribution is -0.139. The quantitative estimate of drug-likeness (QED) is 0.626. The number of carbonyl (C=O) groups is 2. The molecule has 1 aromatic heterocycles. The van der Waals surface area contributed by atoms with Crippen LogP contribution in [-0.4, -0.2) is 39.8 Å². The fourth-order valence-corrected chi connectivity index (χ4v) is 1.52. The molecule has 0 aromatic carbocycles. The predicted octanol–water partition coefficient (Wildman–Crippen LogP) is 0.656. The van der Waals surface area contributed by atoms with Gasteiger partial charge in [-0.15, -0.1) is 0 Å². The highest BCUT2D eigenvalue weighted by Crippen LogP contribution is 2.12. The first-order valence-electron chi connectivity index (χ1n) is 5.79. The highest BCUT2D eigenvalue weighted by molar-refractivity contribution is 5.92. The van der Waals surface area contributed by atoms with E-state index in [1.54, 1.807) is 19.1 Å². The molecule has 7 heteroatoms. The van der Waals surface area contributed by atoms with Gasteiger partial charge in [-0.3, -0.25) is 4.98 Å². The summed E-state index contributed by atoms with van der Waals surface area (Å²) >= 11 is 0. The van der Waals surface area contributed by atoms with Crippen molar-refractivity contribution in [1.29, 1.82) is 0 Å². The van der Waals surface area contributed by atoms with E-state index >= 15 is 0 Å². The van der Waals surface area contributed by atoms with Gasteiger partial charge < -0.3 is 20.8 Å². The second-order valence-corrected chi connectivity index (χ2v) is 4.09. The molecule has 104 valence electrons. The minimum atomic E-state index is -1.19. The lowest BCUT2D eigenvalue weighted by Crippen LogP contribution is -2.43. The van der Waals surface area contributed by atoms with Gasteiger partial charge in [0, 0.05) is 18.7 Å². The molecule has 0 saturated heterocycles. The summed E-state index contributed by atoms with van der Waals surface area (Å²) in [6, 6.07) is 1.67. The number of rotatable bonds is 5. The van der Waals surface area contributed by atoms with Crippen LogP contribution in [0.25, 0.3) is 0 Å². The number of nitrogens with zero attached hydrogens (tertiary/aromatic N) is 1. The molecule has 0 fully saturated rings. The van der Waals surface area contributed by atoms with E-state index in [2.05, 4.69) is 15.6 Å². The molecule has 19 heavy (non-hydrogen) atoms. The van der Waals surface area contributed by atoms with Crippen molar-refractivity contribution in [3.8, 4) is 0 Å². The van der Waals surface area contributed by atoms with Crippen molar-refractivity contribution in [3.05, 3.63) is 23.5 Å². The van der Waals surface area contributed by atoms with Crippen molar-refractivity contribution in [2.75, 3.05) is 11.9 Å². The molecule has 0 aliphatic carbocycles. The smallest absolute Gasteiger partial charge is 0.326 e. The van der Waals surface area contributed by atoms with E-state index in [1.807, 2.05) is 6.92 Å². The van der Waals surface area contributed by atoms with Gasteiger partial charge in [0.1, 0.15) is 6.04 Å². The predicted molar refractivity (Wildman–Crippen MR) is 69.0 cm³/mol. The topological polar surface area (TPSA) is 112 Å². The molecule has 2 amide bonds. The Morgan fingerprint density at radius 3 is 2.58 bits per heavy atom. The van der Waals surface area contributed by atoms with Gasteiger partial charge in [-0.05, 0) is 26.0 Å². The van der Waals surface area contributed by atoms with E-state index in [-0.39, 0.29) is 13.0 Å². The van der Waals surface area contributed by atoms with Gasteiger partial charge >= 0.3 is 12.0 Å². The molecule has 1 rings (SSSR count). The number of aromatic nitrogens is 1. The number of aliphatic hydroxyl groups is 1. The van der Waals surface area contributed by atoms with E-state index in [4.69, 9.17) is 10.2 Å². The molecular formula is C12H17N3O4. The van der Waals surface area contributed by atoms with Gasteiger partial charge in [-0.1, -0.05) is 0 Å². The summed E-state index contributed by atoms with van der Waals surface area (Å²) < 4.78 is 0. The van der Waals surface area contributed by atoms with Crippen molar-refractivity contribution in [1.82, 2.24) is 10.3 Å². The summed E-state index contributed by atoms with van der Waals surface area (Å²) in [6.45, 7) is 3.26. The number of carbonyl (C=O) groups excluding carboxylic acids is 1. The molecule has 1 heterocycles. The second-order valence-electron chi connectivity index (χ2n) is 4.09. The summed E-state index contributed by atoms with van der Waals surface area (Å²) in [4.78, 5) is 26.6. The number of hydrogen-bond donors (Lipinski definition) is 4.